The number of nitrogens with one attached hydrogen (secondary N) is 1. The molecule has 0 aromatic rings. The fourth-order valence-corrected chi connectivity index (χ4v) is 1.12. The van der Waals surface area contributed by atoms with Crippen molar-refractivity contribution in [3.63, 3.8) is 0 Å². The molecule has 0 radical (unpaired) electrons. The third-order valence-corrected chi connectivity index (χ3v) is 1.71. The van der Waals surface area contributed by atoms with Crippen molar-refractivity contribution >= 4 is 6.29 Å². The Morgan fingerprint density at radius 1 is 1.36 bits per heavy atom. The number of hydrogen-bond acceptors (Lipinski definition) is 3. The summed E-state index contributed by atoms with van der Waals surface area (Å²) in [5.74, 6) is 0. The van der Waals surface area contributed by atoms with Gasteiger partial charge in [-0.25, -0.2) is 0 Å². The van der Waals surface area contributed by atoms with Crippen molar-refractivity contribution in [3.05, 3.63) is 12.3 Å². The van der Waals surface area contributed by atoms with Gasteiger partial charge in [0.25, 0.3) is 0 Å². The van der Waals surface area contributed by atoms with E-state index in [1.807, 2.05) is 0 Å². The minimum absolute atomic E-state index is 0.299. The zero-order valence-electron chi connectivity index (χ0n) is 6.45. The minimum Gasteiger partial charge on any atom is -0.498 e. The Bertz CT molecular complexity index is 139. The molecule has 1 aliphatic heterocycles. The molecule has 0 spiro atoms. The maximum Gasteiger partial charge on any atom is 0.145 e. The minimum atomic E-state index is 0.299. The number of piperidine rings is 1. The Kier molecular flexibility index (Phi) is 3.69. The highest BCUT2D eigenvalue weighted by atomic mass is 16.5. The van der Waals surface area contributed by atoms with Crippen molar-refractivity contribution in [2.45, 2.75) is 18.9 Å². The molecule has 1 N–H and O–H groups in total. The van der Waals surface area contributed by atoms with E-state index in [9.17, 15) is 4.79 Å². The van der Waals surface area contributed by atoms with Gasteiger partial charge in [-0.3, -0.25) is 4.79 Å². The zero-order chi connectivity index (χ0) is 7.94. The maximum absolute atomic E-state index is 9.87. The molecule has 1 fully saturated rings. The predicted molar refractivity (Wildman–Crippen MR) is 42.2 cm³/mol. The highest BCUT2D eigenvalue weighted by Crippen LogP contribution is 2.06. The van der Waals surface area contributed by atoms with E-state index in [1.165, 1.54) is 12.3 Å². The molecule has 0 aromatic heterocycles. The van der Waals surface area contributed by atoms with Gasteiger partial charge in [0.2, 0.25) is 0 Å². The monoisotopic (exact) mass is 155 g/mol. The van der Waals surface area contributed by atoms with Crippen molar-refractivity contribution in [1.82, 2.24) is 5.32 Å². The second-order valence-electron chi connectivity index (χ2n) is 2.55. The lowest BCUT2D eigenvalue weighted by atomic mass is 10.1. The third kappa shape index (κ3) is 3.18. The summed E-state index contributed by atoms with van der Waals surface area (Å²) >= 11 is 0. The van der Waals surface area contributed by atoms with Gasteiger partial charge in [-0.15, -0.1) is 0 Å². The number of aldehydes is 1. The van der Waals surface area contributed by atoms with Gasteiger partial charge in [0.1, 0.15) is 12.4 Å². The molecule has 0 aromatic carbocycles. The largest absolute Gasteiger partial charge is 0.498 e. The average molecular weight is 155 g/mol. The van der Waals surface area contributed by atoms with Crippen LogP contribution in [0.5, 0.6) is 0 Å². The van der Waals surface area contributed by atoms with Gasteiger partial charge in [0.15, 0.2) is 0 Å². The highest BCUT2D eigenvalue weighted by Gasteiger charge is 2.11. The van der Waals surface area contributed by atoms with Crippen molar-refractivity contribution in [2.75, 3.05) is 13.1 Å². The van der Waals surface area contributed by atoms with Gasteiger partial charge >= 0.3 is 0 Å². The maximum atomic E-state index is 9.87. The molecule has 0 aliphatic carbocycles. The van der Waals surface area contributed by atoms with Crippen LogP contribution in [0.1, 0.15) is 12.8 Å². The fourth-order valence-electron chi connectivity index (χ4n) is 1.12. The van der Waals surface area contributed by atoms with Crippen LogP contribution in [0.4, 0.5) is 0 Å². The van der Waals surface area contributed by atoms with Crippen LogP contribution in [0.15, 0.2) is 12.3 Å². The highest BCUT2D eigenvalue weighted by molar-refractivity contribution is 5.64. The van der Waals surface area contributed by atoms with Gasteiger partial charge in [-0.2, -0.15) is 0 Å². The lowest BCUT2D eigenvalue weighted by molar-refractivity contribution is -0.104. The van der Waals surface area contributed by atoms with E-state index in [2.05, 4.69) is 5.32 Å². The standard InChI is InChI=1S/C8H13NO2/c10-6-1-7-11-8-2-4-9-5-3-8/h1,6-9H,2-5H2/b7-1+. The predicted octanol–water partition coefficient (Wildman–Crippen LogP) is 0.468. The molecular formula is C8H13NO2. The summed E-state index contributed by atoms with van der Waals surface area (Å²) < 4.78 is 5.27. The molecule has 1 rings (SSSR count). The molecule has 11 heavy (non-hydrogen) atoms. The molecule has 1 saturated heterocycles. The van der Waals surface area contributed by atoms with E-state index < -0.39 is 0 Å². The first-order valence-corrected chi connectivity index (χ1v) is 3.90. The van der Waals surface area contributed by atoms with E-state index in [1.54, 1.807) is 0 Å². The van der Waals surface area contributed by atoms with E-state index in [-0.39, 0.29) is 0 Å². The first kappa shape index (κ1) is 8.27. The van der Waals surface area contributed by atoms with E-state index in [0.717, 1.165) is 32.2 Å². The van der Waals surface area contributed by atoms with Crippen molar-refractivity contribution in [3.8, 4) is 0 Å². The fraction of sp³-hybridized carbons (Fsp3) is 0.625. The Balaban J connectivity index is 2.14. The SMILES string of the molecule is O=C/C=C/OC1CCNCC1. The van der Waals surface area contributed by atoms with Crippen molar-refractivity contribution < 1.29 is 9.53 Å². The summed E-state index contributed by atoms with van der Waals surface area (Å²) in [6.45, 7) is 2.03. The number of ether oxygens (including phenoxy) is 1. The Morgan fingerprint density at radius 2 is 2.09 bits per heavy atom. The van der Waals surface area contributed by atoms with E-state index >= 15 is 0 Å². The van der Waals surface area contributed by atoms with Gasteiger partial charge < -0.3 is 10.1 Å². The van der Waals surface area contributed by atoms with Gasteiger partial charge in [-0.05, 0) is 25.9 Å². The molecule has 1 heterocycles. The van der Waals surface area contributed by atoms with Gasteiger partial charge in [-0.1, -0.05) is 0 Å². The number of allylic oxidation sites excluding steroid dienone is 1. The average Bonchev–Trinajstić information content (AvgIpc) is 2.07. The van der Waals surface area contributed by atoms with Crippen molar-refractivity contribution in [2.24, 2.45) is 0 Å². The summed E-state index contributed by atoms with van der Waals surface area (Å²) in [7, 11) is 0. The van der Waals surface area contributed by atoms with Crippen LogP contribution in [0, 0.1) is 0 Å². The molecule has 1 aliphatic rings. The van der Waals surface area contributed by atoms with Crippen LogP contribution < -0.4 is 5.32 Å². The van der Waals surface area contributed by atoms with E-state index in [0.29, 0.717) is 6.10 Å². The normalized spacial score (nSPS) is 20.4. The molecule has 0 atom stereocenters. The zero-order valence-corrected chi connectivity index (χ0v) is 6.45. The second kappa shape index (κ2) is 4.91. The quantitative estimate of drug-likeness (QED) is 0.366. The third-order valence-electron chi connectivity index (χ3n) is 1.71. The van der Waals surface area contributed by atoms with Crippen LogP contribution in [-0.2, 0) is 9.53 Å². The van der Waals surface area contributed by atoms with Gasteiger partial charge in [0, 0.05) is 6.08 Å². The first-order chi connectivity index (χ1) is 5.43. The second-order valence-corrected chi connectivity index (χ2v) is 2.55. The summed E-state index contributed by atoms with van der Waals surface area (Å²) in [6.07, 6.45) is 5.94. The number of carbonyl (C=O) groups excluding carboxylic acids is 1. The Hall–Kier alpha value is -0.830. The molecule has 62 valence electrons. The first-order valence-electron chi connectivity index (χ1n) is 3.90. The number of hydrogen-bond donors (Lipinski definition) is 1. The summed E-state index contributed by atoms with van der Waals surface area (Å²) in [4.78, 5) is 9.87. The van der Waals surface area contributed by atoms with E-state index in [4.69, 9.17) is 4.74 Å². The topological polar surface area (TPSA) is 38.3 Å². The van der Waals surface area contributed by atoms with Crippen LogP contribution in [0.3, 0.4) is 0 Å². The lowest BCUT2D eigenvalue weighted by Crippen LogP contribution is -2.31. The molecule has 0 unspecified atom stereocenters. The van der Waals surface area contributed by atoms with Crippen LogP contribution in [0.25, 0.3) is 0 Å². The van der Waals surface area contributed by atoms with Crippen molar-refractivity contribution in [1.29, 1.82) is 0 Å². The smallest absolute Gasteiger partial charge is 0.145 e. The summed E-state index contributed by atoms with van der Waals surface area (Å²) in [5.41, 5.74) is 0. The lowest BCUT2D eigenvalue weighted by Gasteiger charge is -2.21. The van der Waals surface area contributed by atoms with Crippen LogP contribution in [-0.4, -0.2) is 25.5 Å². The van der Waals surface area contributed by atoms with Crippen LogP contribution in [0.2, 0.25) is 0 Å². The number of carbonyl (C=O) groups is 1. The summed E-state index contributed by atoms with van der Waals surface area (Å²) in [5, 5.41) is 3.23. The molecular weight excluding hydrogens is 142 g/mol. The Labute approximate surface area is 66.4 Å². The molecule has 3 nitrogen and oxygen atoms in total. The molecule has 0 amide bonds. The number of rotatable bonds is 3. The molecule has 3 heteroatoms. The molecule has 0 bridgehead atoms. The Morgan fingerprint density at radius 3 is 2.73 bits per heavy atom. The van der Waals surface area contributed by atoms with Crippen LogP contribution >= 0.6 is 0 Å². The summed E-state index contributed by atoms with van der Waals surface area (Å²) in [6, 6.07) is 0. The van der Waals surface area contributed by atoms with Gasteiger partial charge in [0.05, 0.1) is 6.26 Å². The molecule has 0 saturated carbocycles.